The van der Waals surface area contributed by atoms with Gasteiger partial charge in [-0.1, -0.05) is 17.7 Å². The third kappa shape index (κ3) is 3.86. The van der Waals surface area contributed by atoms with Gasteiger partial charge in [0.2, 0.25) is 5.91 Å². The Morgan fingerprint density at radius 2 is 2.05 bits per heavy atom. The molecule has 6 nitrogen and oxygen atoms in total. The molecule has 3 N–H and O–H groups in total. The van der Waals surface area contributed by atoms with Gasteiger partial charge in [0.25, 0.3) is 0 Å². The minimum absolute atomic E-state index is 0.0634. The highest BCUT2D eigenvalue weighted by atomic mass is 32.2. The lowest BCUT2D eigenvalue weighted by atomic mass is 10.2. The summed E-state index contributed by atoms with van der Waals surface area (Å²) in [5, 5.41) is 17.3. The van der Waals surface area contributed by atoms with Crippen molar-refractivity contribution in [2.24, 2.45) is 0 Å². The van der Waals surface area contributed by atoms with Gasteiger partial charge in [0.1, 0.15) is 5.69 Å². The summed E-state index contributed by atoms with van der Waals surface area (Å²) in [6.45, 7) is 2.00. The quantitative estimate of drug-likeness (QED) is 0.734. The molecule has 0 saturated heterocycles. The Labute approximate surface area is 119 Å². The van der Waals surface area contributed by atoms with E-state index in [1.54, 1.807) is 0 Å². The SMILES string of the molecule is Cc1ccc(SCC(=O)Nc2cc(C(=O)O)[nH]n2)cc1. The first-order chi connectivity index (χ1) is 9.54. The molecule has 1 heterocycles. The van der Waals surface area contributed by atoms with Crippen molar-refractivity contribution in [2.75, 3.05) is 11.1 Å². The summed E-state index contributed by atoms with van der Waals surface area (Å²) < 4.78 is 0. The number of hydrogen-bond acceptors (Lipinski definition) is 4. The van der Waals surface area contributed by atoms with Gasteiger partial charge in [0, 0.05) is 11.0 Å². The molecular formula is C13H13N3O3S. The number of carboxylic acid groups (broad SMARTS) is 1. The molecule has 0 aliphatic rings. The number of aromatic nitrogens is 2. The first kappa shape index (κ1) is 14.1. The molecule has 1 amide bonds. The summed E-state index contributed by atoms with van der Waals surface area (Å²) >= 11 is 1.40. The zero-order valence-electron chi connectivity index (χ0n) is 10.7. The maximum absolute atomic E-state index is 11.7. The van der Waals surface area contributed by atoms with Gasteiger partial charge in [0.05, 0.1) is 5.75 Å². The highest BCUT2D eigenvalue weighted by Crippen LogP contribution is 2.18. The molecule has 0 spiro atoms. The number of benzene rings is 1. The van der Waals surface area contributed by atoms with Crippen molar-refractivity contribution in [2.45, 2.75) is 11.8 Å². The van der Waals surface area contributed by atoms with Crippen molar-refractivity contribution in [3.05, 3.63) is 41.6 Å². The van der Waals surface area contributed by atoms with Crippen LogP contribution in [0.5, 0.6) is 0 Å². The minimum atomic E-state index is -1.12. The van der Waals surface area contributed by atoms with E-state index in [0.29, 0.717) is 0 Å². The topological polar surface area (TPSA) is 95.1 Å². The fourth-order valence-electron chi connectivity index (χ4n) is 1.46. The van der Waals surface area contributed by atoms with Crippen molar-refractivity contribution in [3.8, 4) is 0 Å². The number of aromatic carboxylic acids is 1. The largest absolute Gasteiger partial charge is 0.477 e. The standard InChI is InChI=1S/C13H13N3O3S/c1-8-2-4-9(5-3-8)20-7-12(17)14-11-6-10(13(18)19)15-16-11/h2-6H,7H2,1H3,(H,18,19)(H2,14,15,16,17). The summed E-state index contributed by atoms with van der Waals surface area (Å²) in [6.07, 6.45) is 0. The lowest BCUT2D eigenvalue weighted by molar-refractivity contribution is -0.113. The van der Waals surface area contributed by atoms with Crippen molar-refractivity contribution >= 4 is 29.5 Å². The normalized spacial score (nSPS) is 10.2. The van der Waals surface area contributed by atoms with Gasteiger partial charge in [-0.05, 0) is 19.1 Å². The van der Waals surface area contributed by atoms with Gasteiger partial charge in [-0.15, -0.1) is 11.8 Å². The maximum Gasteiger partial charge on any atom is 0.353 e. The van der Waals surface area contributed by atoms with E-state index in [-0.39, 0.29) is 23.2 Å². The van der Waals surface area contributed by atoms with Crippen molar-refractivity contribution in [1.82, 2.24) is 10.2 Å². The van der Waals surface area contributed by atoms with Gasteiger partial charge >= 0.3 is 5.97 Å². The number of aromatic amines is 1. The van der Waals surface area contributed by atoms with E-state index in [1.165, 1.54) is 17.8 Å². The van der Waals surface area contributed by atoms with Crippen LogP contribution in [0.4, 0.5) is 5.82 Å². The summed E-state index contributed by atoms with van der Waals surface area (Å²) in [5.74, 6) is -0.916. The van der Waals surface area contributed by atoms with Gasteiger partial charge in [-0.2, -0.15) is 5.10 Å². The Balaban J connectivity index is 1.85. The van der Waals surface area contributed by atoms with Crippen LogP contribution in [0.2, 0.25) is 0 Å². The number of hydrogen-bond donors (Lipinski definition) is 3. The fourth-order valence-corrected chi connectivity index (χ4v) is 2.16. The molecule has 0 unspecified atom stereocenters. The molecule has 0 aliphatic carbocycles. The molecule has 0 atom stereocenters. The van der Waals surface area contributed by atoms with Gasteiger partial charge in [-0.3, -0.25) is 9.89 Å². The fraction of sp³-hybridized carbons (Fsp3) is 0.154. The van der Waals surface area contributed by atoms with Crippen LogP contribution in [0.1, 0.15) is 16.1 Å². The van der Waals surface area contributed by atoms with E-state index in [0.717, 1.165) is 10.5 Å². The number of rotatable bonds is 5. The Morgan fingerprint density at radius 3 is 2.65 bits per heavy atom. The van der Waals surface area contributed by atoms with Crippen molar-refractivity contribution in [1.29, 1.82) is 0 Å². The average Bonchev–Trinajstić information content (AvgIpc) is 2.87. The molecule has 0 saturated carbocycles. The van der Waals surface area contributed by atoms with E-state index < -0.39 is 5.97 Å². The summed E-state index contributed by atoms with van der Waals surface area (Å²) in [5.41, 5.74) is 1.10. The molecule has 0 fully saturated rings. The van der Waals surface area contributed by atoms with Crippen LogP contribution in [-0.4, -0.2) is 32.9 Å². The third-order valence-corrected chi connectivity index (χ3v) is 3.48. The number of thioether (sulfide) groups is 1. The van der Waals surface area contributed by atoms with Crippen LogP contribution in [-0.2, 0) is 4.79 Å². The molecule has 104 valence electrons. The van der Waals surface area contributed by atoms with Crippen LogP contribution >= 0.6 is 11.8 Å². The molecule has 20 heavy (non-hydrogen) atoms. The second-order valence-corrected chi connectivity index (χ2v) is 5.17. The number of anilines is 1. The molecule has 7 heteroatoms. The number of H-pyrrole nitrogens is 1. The van der Waals surface area contributed by atoms with Gasteiger partial charge < -0.3 is 10.4 Å². The molecule has 0 radical (unpaired) electrons. The summed E-state index contributed by atoms with van der Waals surface area (Å²) in [4.78, 5) is 23.3. The predicted octanol–water partition coefficient (Wildman–Crippen LogP) is 2.15. The number of nitrogens with zero attached hydrogens (tertiary/aromatic N) is 1. The van der Waals surface area contributed by atoms with Crippen LogP contribution < -0.4 is 5.32 Å². The van der Waals surface area contributed by atoms with Gasteiger partial charge in [-0.25, -0.2) is 4.79 Å². The predicted molar refractivity (Wildman–Crippen MR) is 76.1 cm³/mol. The molecule has 2 aromatic rings. The summed E-state index contributed by atoms with van der Waals surface area (Å²) in [7, 11) is 0. The van der Waals surface area contributed by atoms with Crippen molar-refractivity contribution in [3.63, 3.8) is 0 Å². The van der Waals surface area contributed by atoms with E-state index in [2.05, 4.69) is 15.5 Å². The van der Waals surface area contributed by atoms with Crippen LogP contribution in [0.3, 0.4) is 0 Å². The van der Waals surface area contributed by atoms with E-state index >= 15 is 0 Å². The Morgan fingerprint density at radius 1 is 1.35 bits per heavy atom. The zero-order chi connectivity index (χ0) is 14.5. The number of nitrogens with one attached hydrogen (secondary N) is 2. The minimum Gasteiger partial charge on any atom is -0.477 e. The third-order valence-electron chi connectivity index (χ3n) is 2.47. The number of carbonyl (C=O) groups excluding carboxylic acids is 1. The molecule has 2 rings (SSSR count). The van der Waals surface area contributed by atoms with Gasteiger partial charge in [0.15, 0.2) is 5.82 Å². The highest BCUT2D eigenvalue weighted by molar-refractivity contribution is 8.00. The second kappa shape index (κ2) is 6.25. The Kier molecular flexibility index (Phi) is 4.41. The summed E-state index contributed by atoms with van der Waals surface area (Å²) in [6, 6.07) is 9.13. The number of carbonyl (C=O) groups is 2. The van der Waals surface area contributed by atoms with E-state index in [1.807, 2.05) is 31.2 Å². The number of aryl methyl sites for hydroxylation is 1. The maximum atomic E-state index is 11.7. The lowest BCUT2D eigenvalue weighted by Crippen LogP contribution is -2.14. The average molecular weight is 291 g/mol. The molecule has 1 aromatic carbocycles. The Hall–Kier alpha value is -2.28. The second-order valence-electron chi connectivity index (χ2n) is 4.12. The van der Waals surface area contributed by atoms with Crippen LogP contribution in [0.25, 0.3) is 0 Å². The monoisotopic (exact) mass is 291 g/mol. The lowest BCUT2D eigenvalue weighted by Gasteiger charge is -2.02. The van der Waals surface area contributed by atoms with Crippen LogP contribution in [0.15, 0.2) is 35.2 Å². The van der Waals surface area contributed by atoms with E-state index in [9.17, 15) is 9.59 Å². The first-order valence-corrected chi connectivity index (χ1v) is 6.81. The molecule has 1 aromatic heterocycles. The molecule has 0 aliphatic heterocycles. The highest BCUT2D eigenvalue weighted by Gasteiger charge is 2.10. The Bertz CT molecular complexity index is 622. The number of amides is 1. The zero-order valence-corrected chi connectivity index (χ0v) is 11.5. The molecular weight excluding hydrogens is 278 g/mol. The first-order valence-electron chi connectivity index (χ1n) is 5.82. The smallest absolute Gasteiger partial charge is 0.353 e. The number of carboxylic acids is 1. The van der Waals surface area contributed by atoms with Crippen molar-refractivity contribution < 1.29 is 14.7 Å². The molecule has 0 bridgehead atoms. The van der Waals surface area contributed by atoms with E-state index in [4.69, 9.17) is 5.11 Å². The van der Waals surface area contributed by atoms with Crippen LogP contribution in [0, 0.1) is 6.92 Å².